The highest BCUT2D eigenvalue weighted by Crippen LogP contribution is 2.06. The molecule has 14 heavy (non-hydrogen) atoms. The second kappa shape index (κ2) is 5.70. The standard InChI is InChI=1S/C9H18N4O/c1-3-4-5-6-8(14)7-9-10-12-13(2)11-9/h8,14H,3-7H2,1-2H3. The minimum Gasteiger partial charge on any atom is -0.393 e. The van der Waals surface area contributed by atoms with Crippen LogP contribution in [0.15, 0.2) is 0 Å². The Hall–Kier alpha value is -0.970. The van der Waals surface area contributed by atoms with Crippen molar-refractivity contribution in [3.63, 3.8) is 0 Å². The summed E-state index contributed by atoms with van der Waals surface area (Å²) in [5, 5.41) is 21.2. The van der Waals surface area contributed by atoms with Crippen molar-refractivity contribution in [3.05, 3.63) is 5.82 Å². The van der Waals surface area contributed by atoms with Gasteiger partial charge in [-0.05, 0) is 11.6 Å². The van der Waals surface area contributed by atoms with Crippen molar-refractivity contribution in [2.24, 2.45) is 7.05 Å². The average molecular weight is 198 g/mol. The molecule has 0 aliphatic rings. The van der Waals surface area contributed by atoms with Crippen LogP contribution < -0.4 is 0 Å². The van der Waals surface area contributed by atoms with Gasteiger partial charge < -0.3 is 5.11 Å². The van der Waals surface area contributed by atoms with Crippen LogP contribution in [0.25, 0.3) is 0 Å². The highest BCUT2D eigenvalue weighted by molar-refractivity contribution is 4.80. The molecule has 0 aromatic carbocycles. The van der Waals surface area contributed by atoms with Gasteiger partial charge in [-0.25, -0.2) is 0 Å². The summed E-state index contributed by atoms with van der Waals surface area (Å²) in [6, 6.07) is 0. The number of nitrogens with zero attached hydrogens (tertiary/aromatic N) is 4. The SMILES string of the molecule is CCCCCC(O)Cc1nnn(C)n1. The first-order valence-electron chi connectivity index (χ1n) is 5.13. The predicted molar refractivity (Wildman–Crippen MR) is 52.7 cm³/mol. The van der Waals surface area contributed by atoms with E-state index in [2.05, 4.69) is 22.3 Å². The van der Waals surface area contributed by atoms with Gasteiger partial charge in [-0.1, -0.05) is 26.2 Å². The molecule has 0 bridgehead atoms. The van der Waals surface area contributed by atoms with Crippen LogP contribution in [0.1, 0.15) is 38.4 Å². The van der Waals surface area contributed by atoms with Crippen LogP contribution in [-0.4, -0.2) is 31.4 Å². The van der Waals surface area contributed by atoms with E-state index in [1.165, 1.54) is 17.6 Å². The fourth-order valence-corrected chi connectivity index (χ4v) is 1.35. The second-order valence-corrected chi connectivity index (χ2v) is 3.55. The van der Waals surface area contributed by atoms with Gasteiger partial charge in [-0.3, -0.25) is 0 Å². The van der Waals surface area contributed by atoms with Gasteiger partial charge in [0.05, 0.1) is 13.2 Å². The zero-order chi connectivity index (χ0) is 10.4. The molecule has 1 atom stereocenters. The number of aryl methyl sites for hydroxylation is 1. The van der Waals surface area contributed by atoms with E-state index in [0.29, 0.717) is 12.2 Å². The molecular weight excluding hydrogens is 180 g/mol. The number of aliphatic hydroxyl groups is 1. The molecule has 1 rings (SSSR count). The Bertz CT molecular complexity index is 261. The third-order valence-corrected chi connectivity index (χ3v) is 2.11. The summed E-state index contributed by atoms with van der Waals surface area (Å²) in [7, 11) is 1.72. The largest absolute Gasteiger partial charge is 0.393 e. The summed E-state index contributed by atoms with van der Waals surface area (Å²) in [4.78, 5) is 1.41. The normalized spacial score (nSPS) is 13.1. The third-order valence-electron chi connectivity index (χ3n) is 2.11. The van der Waals surface area contributed by atoms with Gasteiger partial charge in [0.1, 0.15) is 0 Å². The van der Waals surface area contributed by atoms with Gasteiger partial charge >= 0.3 is 0 Å². The zero-order valence-electron chi connectivity index (χ0n) is 8.85. The maximum absolute atomic E-state index is 9.62. The fourth-order valence-electron chi connectivity index (χ4n) is 1.35. The number of hydrogen-bond acceptors (Lipinski definition) is 4. The molecule has 0 saturated carbocycles. The Morgan fingerprint density at radius 1 is 1.43 bits per heavy atom. The Kier molecular flexibility index (Phi) is 4.52. The minimum atomic E-state index is -0.328. The summed E-state index contributed by atoms with van der Waals surface area (Å²) in [5.74, 6) is 0.622. The monoisotopic (exact) mass is 198 g/mol. The van der Waals surface area contributed by atoms with Crippen LogP contribution >= 0.6 is 0 Å². The molecule has 0 radical (unpaired) electrons. The van der Waals surface area contributed by atoms with Crippen molar-refractivity contribution < 1.29 is 5.11 Å². The van der Waals surface area contributed by atoms with E-state index in [1.54, 1.807) is 7.05 Å². The van der Waals surface area contributed by atoms with E-state index in [0.717, 1.165) is 12.8 Å². The van der Waals surface area contributed by atoms with Crippen LogP contribution in [-0.2, 0) is 13.5 Å². The van der Waals surface area contributed by atoms with E-state index in [1.807, 2.05) is 0 Å². The molecular formula is C9H18N4O. The maximum Gasteiger partial charge on any atom is 0.177 e. The minimum absolute atomic E-state index is 0.328. The highest BCUT2D eigenvalue weighted by Gasteiger charge is 2.08. The predicted octanol–water partition coefficient (Wildman–Crippen LogP) is 0.694. The fraction of sp³-hybridized carbons (Fsp3) is 0.889. The number of unbranched alkanes of at least 4 members (excludes halogenated alkanes) is 2. The van der Waals surface area contributed by atoms with Crippen molar-refractivity contribution >= 4 is 0 Å². The molecule has 0 aliphatic heterocycles. The Balaban J connectivity index is 2.23. The van der Waals surface area contributed by atoms with Gasteiger partial charge in [0.15, 0.2) is 5.82 Å². The molecule has 1 heterocycles. The smallest absolute Gasteiger partial charge is 0.177 e. The lowest BCUT2D eigenvalue weighted by Crippen LogP contribution is -2.11. The van der Waals surface area contributed by atoms with Gasteiger partial charge in [-0.15, -0.1) is 10.2 Å². The quantitative estimate of drug-likeness (QED) is 0.683. The molecule has 0 amide bonds. The summed E-state index contributed by atoms with van der Waals surface area (Å²) < 4.78 is 0. The lowest BCUT2D eigenvalue weighted by molar-refractivity contribution is 0.158. The van der Waals surface area contributed by atoms with Gasteiger partial charge in [-0.2, -0.15) is 4.80 Å². The first-order chi connectivity index (χ1) is 6.72. The number of aliphatic hydroxyl groups excluding tert-OH is 1. The van der Waals surface area contributed by atoms with Gasteiger partial charge in [0, 0.05) is 6.42 Å². The van der Waals surface area contributed by atoms with E-state index < -0.39 is 0 Å². The maximum atomic E-state index is 9.62. The molecule has 1 aromatic rings. The van der Waals surface area contributed by atoms with Crippen LogP contribution in [0.3, 0.4) is 0 Å². The van der Waals surface area contributed by atoms with Crippen molar-refractivity contribution in [3.8, 4) is 0 Å². The molecule has 5 heteroatoms. The molecule has 1 unspecified atom stereocenters. The van der Waals surface area contributed by atoms with Crippen LogP contribution in [0.5, 0.6) is 0 Å². The lowest BCUT2D eigenvalue weighted by atomic mass is 10.1. The van der Waals surface area contributed by atoms with E-state index >= 15 is 0 Å². The molecule has 0 spiro atoms. The zero-order valence-corrected chi connectivity index (χ0v) is 8.85. The van der Waals surface area contributed by atoms with Gasteiger partial charge in [0.2, 0.25) is 0 Å². The molecule has 0 saturated heterocycles. The number of tetrazole rings is 1. The molecule has 0 aliphatic carbocycles. The highest BCUT2D eigenvalue weighted by atomic mass is 16.3. The van der Waals surface area contributed by atoms with Crippen molar-refractivity contribution in [1.82, 2.24) is 20.2 Å². The Labute approximate surface area is 84.1 Å². The van der Waals surface area contributed by atoms with Crippen molar-refractivity contribution in [2.75, 3.05) is 0 Å². The van der Waals surface area contributed by atoms with Crippen LogP contribution in [0.4, 0.5) is 0 Å². The first-order valence-corrected chi connectivity index (χ1v) is 5.13. The van der Waals surface area contributed by atoms with Crippen LogP contribution in [0, 0.1) is 0 Å². The summed E-state index contributed by atoms with van der Waals surface area (Å²) in [6.07, 6.45) is 4.42. The molecule has 1 aromatic heterocycles. The number of aromatic nitrogens is 4. The summed E-state index contributed by atoms with van der Waals surface area (Å²) >= 11 is 0. The van der Waals surface area contributed by atoms with E-state index in [9.17, 15) is 5.11 Å². The second-order valence-electron chi connectivity index (χ2n) is 3.55. The Morgan fingerprint density at radius 2 is 2.21 bits per heavy atom. The van der Waals surface area contributed by atoms with Gasteiger partial charge in [0.25, 0.3) is 0 Å². The lowest BCUT2D eigenvalue weighted by Gasteiger charge is -2.06. The van der Waals surface area contributed by atoms with Crippen molar-refractivity contribution in [1.29, 1.82) is 0 Å². The molecule has 5 nitrogen and oxygen atoms in total. The average Bonchev–Trinajstić information content (AvgIpc) is 2.52. The topological polar surface area (TPSA) is 63.8 Å². The first kappa shape index (κ1) is 11.1. The van der Waals surface area contributed by atoms with E-state index in [4.69, 9.17) is 0 Å². The summed E-state index contributed by atoms with van der Waals surface area (Å²) in [5.41, 5.74) is 0. The Morgan fingerprint density at radius 3 is 2.79 bits per heavy atom. The number of hydrogen-bond donors (Lipinski definition) is 1. The van der Waals surface area contributed by atoms with E-state index in [-0.39, 0.29) is 6.10 Å². The van der Waals surface area contributed by atoms with Crippen LogP contribution in [0.2, 0.25) is 0 Å². The summed E-state index contributed by atoms with van der Waals surface area (Å²) in [6.45, 7) is 2.15. The third kappa shape index (κ3) is 3.83. The number of rotatable bonds is 6. The molecule has 0 fully saturated rings. The molecule has 80 valence electrons. The molecule has 1 N–H and O–H groups in total. The van der Waals surface area contributed by atoms with Crippen molar-refractivity contribution in [2.45, 2.75) is 45.1 Å².